The third-order valence-electron chi connectivity index (χ3n) is 2.30. The van der Waals surface area contributed by atoms with Crippen molar-refractivity contribution in [2.24, 2.45) is 0 Å². The van der Waals surface area contributed by atoms with Gasteiger partial charge in [0.25, 0.3) is 5.91 Å². The van der Waals surface area contributed by atoms with Gasteiger partial charge in [0, 0.05) is 18.0 Å². The van der Waals surface area contributed by atoms with Gasteiger partial charge in [-0.15, -0.1) is 0 Å². The van der Waals surface area contributed by atoms with Gasteiger partial charge in [-0.3, -0.25) is 4.79 Å². The van der Waals surface area contributed by atoms with Gasteiger partial charge in [0.05, 0.1) is 13.0 Å². The fourth-order valence-electron chi connectivity index (χ4n) is 1.35. The van der Waals surface area contributed by atoms with E-state index in [4.69, 9.17) is 0 Å². The van der Waals surface area contributed by atoms with Gasteiger partial charge in [0.15, 0.2) is 0 Å². The Bertz CT molecular complexity index is 460. The minimum absolute atomic E-state index is 0.0753. The maximum absolute atomic E-state index is 11.7. The number of rotatable bonds is 3. The van der Waals surface area contributed by atoms with Crippen LogP contribution in [0.1, 0.15) is 15.9 Å². The van der Waals surface area contributed by atoms with Gasteiger partial charge in [0.1, 0.15) is 0 Å². The number of aryl methyl sites for hydroxylation is 1. The average Bonchev–Trinajstić information content (AvgIpc) is 2.80. The summed E-state index contributed by atoms with van der Waals surface area (Å²) in [5.74, 6) is -0.0753. The van der Waals surface area contributed by atoms with Crippen LogP contribution in [0.5, 0.6) is 0 Å². The van der Waals surface area contributed by atoms with E-state index in [0.717, 1.165) is 5.56 Å². The van der Waals surface area contributed by atoms with E-state index in [1.807, 2.05) is 31.2 Å². The fraction of sp³-hybridized carbons (Fsp3) is 0.167. The zero-order valence-corrected chi connectivity index (χ0v) is 9.05. The predicted molar refractivity (Wildman–Crippen MR) is 60.9 cm³/mol. The smallest absolute Gasteiger partial charge is 0.252 e. The van der Waals surface area contributed by atoms with Gasteiger partial charge < -0.3 is 9.88 Å². The summed E-state index contributed by atoms with van der Waals surface area (Å²) in [4.78, 5) is 15.6. The van der Waals surface area contributed by atoms with Crippen LogP contribution < -0.4 is 5.32 Å². The van der Waals surface area contributed by atoms with Gasteiger partial charge in [-0.1, -0.05) is 17.7 Å². The summed E-state index contributed by atoms with van der Waals surface area (Å²) in [5, 5.41) is 2.80. The second kappa shape index (κ2) is 4.61. The molecule has 0 atom stereocenters. The minimum Gasteiger partial charge on any atom is -0.334 e. The van der Waals surface area contributed by atoms with Gasteiger partial charge in [0.2, 0.25) is 0 Å². The number of benzene rings is 1. The fourth-order valence-corrected chi connectivity index (χ4v) is 1.35. The number of hydrogen-bond donors (Lipinski definition) is 1. The molecule has 0 radical (unpaired) electrons. The van der Waals surface area contributed by atoms with Gasteiger partial charge >= 0.3 is 0 Å². The van der Waals surface area contributed by atoms with Gasteiger partial charge in [-0.2, -0.15) is 0 Å². The largest absolute Gasteiger partial charge is 0.334 e. The highest BCUT2D eigenvalue weighted by atomic mass is 16.1. The summed E-state index contributed by atoms with van der Waals surface area (Å²) in [6.45, 7) is 2.43. The number of amides is 1. The molecular formula is C12H13N3O. The number of nitrogens with one attached hydrogen (secondary N) is 1. The Morgan fingerprint density at radius 3 is 2.75 bits per heavy atom. The molecule has 0 fully saturated rings. The van der Waals surface area contributed by atoms with Crippen molar-refractivity contribution in [3.63, 3.8) is 0 Å². The Hall–Kier alpha value is -2.10. The molecule has 0 saturated carbocycles. The van der Waals surface area contributed by atoms with Crippen molar-refractivity contribution in [3.8, 4) is 0 Å². The molecule has 0 aliphatic carbocycles. The van der Waals surface area contributed by atoms with Crippen molar-refractivity contribution in [1.82, 2.24) is 14.9 Å². The highest BCUT2D eigenvalue weighted by molar-refractivity contribution is 5.93. The first kappa shape index (κ1) is 10.4. The van der Waals surface area contributed by atoms with Gasteiger partial charge in [-0.05, 0) is 19.1 Å². The predicted octanol–water partition coefficient (Wildman–Crippen LogP) is 1.58. The molecule has 1 aromatic carbocycles. The van der Waals surface area contributed by atoms with Crippen LogP contribution in [0.3, 0.4) is 0 Å². The van der Waals surface area contributed by atoms with Crippen LogP contribution in [0.15, 0.2) is 43.0 Å². The minimum atomic E-state index is -0.0753. The van der Waals surface area contributed by atoms with Gasteiger partial charge in [-0.25, -0.2) is 4.98 Å². The van der Waals surface area contributed by atoms with Crippen LogP contribution in [0.2, 0.25) is 0 Å². The monoisotopic (exact) mass is 215 g/mol. The van der Waals surface area contributed by atoms with E-state index in [2.05, 4.69) is 10.3 Å². The summed E-state index contributed by atoms with van der Waals surface area (Å²) in [7, 11) is 0. The first-order chi connectivity index (χ1) is 7.75. The maximum Gasteiger partial charge on any atom is 0.252 e. The molecule has 0 aliphatic heterocycles. The molecule has 0 unspecified atom stereocenters. The maximum atomic E-state index is 11.7. The highest BCUT2D eigenvalue weighted by Gasteiger charge is 2.03. The van der Waals surface area contributed by atoms with Crippen LogP contribution in [-0.2, 0) is 6.67 Å². The SMILES string of the molecule is Cc1ccc(C(=O)NCn2ccnc2)cc1. The van der Waals surface area contributed by atoms with E-state index < -0.39 is 0 Å². The van der Waals surface area contributed by atoms with E-state index in [1.165, 1.54) is 0 Å². The summed E-state index contributed by atoms with van der Waals surface area (Å²) in [6.07, 6.45) is 5.14. The zero-order chi connectivity index (χ0) is 11.4. The van der Waals surface area contributed by atoms with E-state index in [0.29, 0.717) is 12.2 Å². The molecule has 0 spiro atoms. The quantitative estimate of drug-likeness (QED) is 0.845. The van der Waals surface area contributed by atoms with Crippen LogP contribution in [0.25, 0.3) is 0 Å². The molecular weight excluding hydrogens is 202 g/mol. The number of carbonyl (C=O) groups is 1. The van der Waals surface area contributed by atoms with Crippen molar-refractivity contribution in [2.45, 2.75) is 13.6 Å². The number of nitrogens with zero attached hydrogens (tertiary/aromatic N) is 2. The molecule has 1 heterocycles. The van der Waals surface area contributed by atoms with Crippen LogP contribution in [0.4, 0.5) is 0 Å². The van der Waals surface area contributed by atoms with E-state index in [-0.39, 0.29) is 5.91 Å². The molecule has 16 heavy (non-hydrogen) atoms. The van der Waals surface area contributed by atoms with Crippen LogP contribution in [0, 0.1) is 6.92 Å². The highest BCUT2D eigenvalue weighted by Crippen LogP contribution is 2.02. The molecule has 2 aromatic rings. The average molecular weight is 215 g/mol. The van der Waals surface area contributed by atoms with Crippen molar-refractivity contribution in [3.05, 3.63) is 54.1 Å². The molecule has 0 saturated heterocycles. The van der Waals surface area contributed by atoms with Crippen LogP contribution in [-0.4, -0.2) is 15.5 Å². The second-order valence-electron chi connectivity index (χ2n) is 3.61. The van der Waals surface area contributed by atoms with E-state index >= 15 is 0 Å². The Balaban J connectivity index is 1.95. The lowest BCUT2D eigenvalue weighted by atomic mass is 10.1. The number of carbonyl (C=O) groups excluding carboxylic acids is 1. The molecule has 1 aromatic heterocycles. The molecule has 0 bridgehead atoms. The lowest BCUT2D eigenvalue weighted by Crippen LogP contribution is -2.25. The Labute approximate surface area is 93.9 Å². The summed E-state index contributed by atoms with van der Waals surface area (Å²) in [5.41, 5.74) is 1.82. The van der Waals surface area contributed by atoms with Crippen molar-refractivity contribution in [1.29, 1.82) is 0 Å². The first-order valence-electron chi connectivity index (χ1n) is 5.06. The zero-order valence-electron chi connectivity index (χ0n) is 9.05. The second-order valence-corrected chi connectivity index (χ2v) is 3.61. The van der Waals surface area contributed by atoms with Crippen molar-refractivity contribution < 1.29 is 4.79 Å². The van der Waals surface area contributed by atoms with E-state index in [1.54, 1.807) is 23.3 Å². The third kappa shape index (κ3) is 2.48. The first-order valence-corrected chi connectivity index (χ1v) is 5.06. The standard InChI is InChI=1S/C12H13N3O/c1-10-2-4-11(5-3-10)12(16)14-9-15-7-6-13-8-15/h2-8H,9H2,1H3,(H,14,16). The van der Waals surface area contributed by atoms with Crippen LogP contribution >= 0.6 is 0 Å². The Kier molecular flexibility index (Phi) is 3.00. The topological polar surface area (TPSA) is 46.9 Å². The lowest BCUT2D eigenvalue weighted by Gasteiger charge is -2.05. The summed E-state index contributed by atoms with van der Waals surface area (Å²) < 4.78 is 1.80. The van der Waals surface area contributed by atoms with Crippen molar-refractivity contribution >= 4 is 5.91 Å². The number of hydrogen-bond acceptors (Lipinski definition) is 2. The van der Waals surface area contributed by atoms with Crippen molar-refractivity contribution in [2.75, 3.05) is 0 Å². The summed E-state index contributed by atoms with van der Waals surface area (Å²) >= 11 is 0. The molecule has 2 rings (SSSR count). The summed E-state index contributed by atoms with van der Waals surface area (Å²) in [6, 6.07) is 7.48. The number of aromatic nitrogens is 2. The molecule has 1 amide bonds. The third-order valence-corrected chi connectivity index (χ3v) is 2.30. The Morgan fingerprint density at radius 1 is 1.38 bits per heavy atom. The number of imidazole rings is 1. The molecule has 0 aliphatic rings. The molecule has 1 N–H and O–H groups in total. The van der Waals surface area contributed by atoms with E-state index in [9.17, 15) is 4.79 Å². The normalized spacial score (nSPS) is 10.1. The molecule has 4 nitrogen and oxygen atoms in total. The Morgan fingerprint density at radius 2 is 2.12 bits per heavy atom. The lowest BCUT2D eigenvalue weighted by molar-refractivity contribution is 0.0942. The molecule has 82 valence electrons. The molecule has 4 heteroatoms.